The fraction of sp³-hybridized carbons (Fsp3) is 0.360. The Kier molecular flexibility index (Phi) is 7.21. The molecule has 41 heavy (non-hydrogen) atoms. The number of halogens is 8. The third-order valence-corrected chi connectivity index (χ3v) is 6.90. The van der Waals surface area contributed by atoms with Gasteiger partial charge in [-0.3, -0.25) is 15.0 Å². The van der Waals surface area contributed by atoms with Crippen LogP contribution < -0.4 is 10.3 Å². The van der Waals surface area contributed by atoms with Crippen molar-refractivity contribution in [1.29, 1.82) is 0 Å². The summed E-state index contributed by atoms with van der Waals surface area (Å²) in [7, 11) is 0. The fourth-order valence-electron chi connectivity index (χ4n) is 4.81. The third-order valence-electron chi connectivity index (χ3n) is 6.90. The SMILES string of the molecule is O=C1c2cc(-c3nnc(C(F)F)o3)ccc2CN1c1ccc(F)cc1C1CCN(NC(=O)C(F)(F)C(F)(F)F)CC1. The molecule has 0 bridgehead atoms. The average molecular weight is 589 g/mol. The number of anilines is 1. The highest BCUT2D eigenvalue weighted by Crippen LogP contribution is 2.40. The van der Waals surface area contributed by atoms with Gasteiger partial charge < -0.3 is 9.32 Å². The molecule has 2 aliphatic heterocycles. The van der Waals surface area contributed by atoms with E-state index in [1.165, 1.54) is 29.2 Å². The van der Waals surface area contributed by atoms with Gasteiger partial charge in [-0.2, -0.15) is 30.7 Å². The maximum atomic E-state index is 14.3. The number of nitrogens with zero attached hydrogens (tertiary/aromatic N) is 4. The van der Waals surface area contributed by atoms with Gasteiger partial charge in [0.15, 0.2) is 0 Å². The molecule has 0 spiro atoms. The monoisotopic (exact) mass is 589 g/mol. The Labute approximate surface area is 225 Å². The number of hydrogen-bond donors (Lipinski definition) is 1. The normalized spacial score (nSPS) is 16.9. The third kappa shape index (κ3) is 5.35. The van der Waals surface area contributed by atoms with E-state index in [0.29, 0.717) is 16.8 Å². The second kappa shape index (κ2) is 10.4. The predicted octanol–water partition coefficient (Wildman–Crippen LogP) is 5.38. The van der Waals surface area contributed by atoms with Gasteiger partial charge in [0.25, 0.3) is 11.8 Å². The van der Waals surface area contributed by atoms with Crippen LogP contribution in [-0.4, -0.2) is 52.2 Å². The number of hydrogen-bond acceptors (Lipinski definition) is 6. The molecular weight excluding hydrogens is 570 g/mol. The summed E-state index contributed by atoms with van der Waals surface area (Å²) in [6.45, 7) is -0.119. The lowest BCUT2D eigenvalue weighted by atomic mass is 9.88. The van der Waals surface area contributed by atoms with Crippen molar-refractivity contribution in [3.8, 4) is 11.5 Å². The summed E-state index contributed by atoms with van der Waals surface area (Å²) in [4.78, 5) is 26.3. The van der Waals surface area contributed by atoms with Crippen LogP contribution in [0, 0.1) is 5.82 Å². The molecule has 0 saturated carbocycles. The quantitative estimate of drug-likeness (QED) is 0.389. The molecule has 0 unspecified atom stereocenters. The Morgan fingerprint density at radius 2 is 1.73 bits per heavy atom. The van der Waals surface area contributed by atoms with E-state index in [-0.39, 0.29) is 49.5 Å². The first-order chi connectivity index (χ1) is 19.3. The average Bonchev–Trinajstić information content (AvgIpc) is 3.54. The van der Waals surface area contributed by atoms with Crippen LogP contribution in [0.2, 0.25) is 0 Å². The highest BCUT2D eigenvalue weighted by atomic mass is 19.4. The summed E-state index contributed by atoms with van der Waals surface area (Å²) in [5.41, 5.74) is 3.43. The minimum absolute atomic E-state index is 0.0978. The summed E-state index contributed by atoms with van der Waals surface area (Å²) in [6, 6.07) is 8.31. The van der Waals surface area contributed by atoms with Crippen molar-refractivity contribution in [1.82, 2.24) is 20.6 Å². The van der Waals surface area contributed by atoms with Gasteiger partial charge in [-0.15, -0.1) is 10.2 Å². The summed E-state index contributed by atoms with van der Waals surface area (Å²) >= 11 is 0. The van der Waals surface area contributed by atoms with Crippen molar-refractivity contribution in [3.05, 3.63) is 64.8 Å². The zero-order valence-electron chi connectivity index (χ0n) is 20.7. The number of piperidine rings is 1. The molecule has 1 fully saturated rings. The molecule has 8 nitrogen and oxygen atoms in total. The van der Waals surface area contributed by atoms with Crippen LogP contribution >= 0.6 is 0 Å². The number of carbonyl (C=O) groups is 2. The largest absolute Gasteiger partial charge is 0.463 e. The molecule has 1 saturated heterocycles. The van der Waals surface area contributed by atoms with E-state index < -0.39 is 48.0 Å². The summed E-state index contributed by atoms with van der Waals surface area (Å²) < 4.78 is 109. The van der Waals surface area contributed by atoms with Crippen LogP contribution in [0.3, 0.4) is 0 Å². The van der Waals surface area contributed by atoms with E-state index in [1.807, 2.05) is 0 Å². The van der Waals surface area contributed by atoms with Crippen LogP contribution in [0.5, 0.6) is 0 Å². The molecule has 2 amide bonds. The minimum Gasteiger partial charge on any atom is -0.415 e. The standard InChI is InChI=1S/C25H19F8N5O3/c26-15-3-4-18(16(10-15)12-5-7-37(8-6-12)36-23(40)24(29,30)25(31,32)33)38-11-14-2-1-13(9-17(14)22(38)39)20-34-35-21(41-20)19(27)28/h1-4,9-10,12,19H,5-8,11H2,(H,36,40). The maximum absolute atomic E-state index is 14.3. The molecule has 218 valence electrons. The molecule has 2 aromatic carbocycles. The highest BCUT2D eigenvalue weighted by molar-refractivity contribution is 6.11. The zero-order valence-corrected chi connectivity index (χ0v) is 20.7. The number of carbonyl (C=O) groups excluding carboxylic acids is 2. The fourth-order valence-corrected chi connectivity index (χ4v) is 4.81. The summed E-state index contributed by atoms with van der Waals surface area (Å²) in [6.07, 6.45) is -8.72. The number of nitrogens with one attached hydrogen (secondary N) is 1. The van der Waals surface area contributed by atoms with E-state index in [1.54, 1.807) is 11.5 Å². The van der Waals surface area contributed by atoms with Gasteiger partial charge in [-0.05, 0) is 60.2 Å². The lowest BCUT2D eigenvalue weighted by Crippen LogP contribution is -2.56. The number of benzene rings is 2. The van der Waals surface area contributed by atoms with Crippen molar-refractivity contribution < 1.29 is 49.1 Å². The van der Waals surface area contributed by atoms with E-state index in [4.69, 9.17) is 4.42 Å². The number of hydrazine groups is 1. The smallest absolute Gasteiger partial charge is 0.415 e. The molecule has 1 N–H and O–H groups in total. The highest BCUT2D eigenvalue weighted by Gasteiger charge is 2.63. The number of amides is 2. The molecule has 0 aliphatic carbocycles. The molecule has 3 heterocycles. The van der Waals surface area contributed by atoms with Gasteiger partial charge in [0, 0.05) is 29.9 Å². The second-order valence-corrected chi connectivity index (χ2v) is 9.49. The minimum atomic E-state index is -6.05. The molecule has 1 aromatic heterocycles. The van der Waals surface area contributed by atoms with Gasteiger partial charge in [0.05, 0.1) is 6.54 Å². The van der Waals surface area contributed by atoms with Gasteiger partial charge in [-0.25, -0.2) is 9.40 Å². The van der Waals surface area contributed by atoms with Crippen molar-refractivity contribution in [2.24, 2.45) is 0 Å². The number of fused-ring (bicyclic) bond motifs is 1. The van der Waals surface area contributed by atoms with Crippen LogP contribution in [0.4, 0.5) is 40.8 Å². The van der Waals surface area contributed by atoms with E-state index in [2.05, 4.69) is 10.2 Å². The Hall–Kier alpha value is -4.08. The number of alkyl halides is 7. The van der Waals surface area contributed by atoms with Crippen LogP contribution in [0.15, 0.2) is 40.8 Å². The first-order valence-corrected chi connectivity index (χ1v) is 12.1. The van der Waals surface area contributed by atoms with Crippen molar-refractivity contribution in [3.63, 3.8) is 0 Å². The Morgan fingerprint density at radius 3 is 2.37 bits per heavy atom. The molecular formula is C25H19F8N5O3. The molecule has 0 atom stereocenters. The van der Waals surface area contributed by atoms with E-state index >= 15 is 0 Å². The van der Waals surface area contributed by atoms with E-state index in [9.17, 15) is 44.7 Å². The van der Waals surface area contributed by atoms with Gasteiger partial charge >= 0.3 is 24.4 Å². The zero-order chi connectivity index (χ0) is 29.7. The first kappa shape index (κ1) is 28.4. The van der Waals surface area contributed by atoms with Crippen molar-refractivity contribution >= 4 is 17.5 Å². The van der Waals surface area contributed by atoms with Gasteiger partial charge in [0.1, 0.15) is 5.82 Å². The number of aromatic nitrogens is 2. The van der Waals surface area contributed by atoms with Crippen LogP contribution in [0.1, 0.15) is 52.6 Å². The van der Waals surface area contributed by atoms with Crippen molar-refractivity contribution in [2.75, 3.05) is 18.0 Å². The number of rotatable bonds is 6. The van der Waals surface area contributed by atoms with Crippen LogP contribution in [-0.2, 0) is 11.3 Å². The first-order valence-electron chi connectivity index (χ1n) is 12.1. The Morgan fingerprint density at radius 1 is 1.02 bits per heavy atom. The van der Waals surface area contributed by atoms with Gasteiger partial charge in [-0.1, -0.05) is 6.07 Å². The summed E-state index contributed by atoms with van der Waals surface area (Å²) in [5.74, 6) is -10.6. The molecule has 5 rings (SSSR count). The lowest BCUT2D eigenvalue weighted by Gasteiger charge is -2.34. The predicted molar refractivity (Wildman–Crippen MR) is 124 cm³/mol. The van der Waals surface area contributed by atoms with E-state index in [0.717, 1.165) is 11.1 Å². The Balaban J connectivity index is 1.32. The Bertz CT molecular complexity index is 1480. The molecule has 0 radical (unpaired) electrons. The maximum Gasteiger partial charge on any atom is 0.463 e. The lowest BCUT2D eigenvalue weighted by molar-refractivity contribution is -0.271. The topological polar surface area (TPSA) is 91.6 Å². The van der Waals surface area contributed by atoms with Crippen LogP contribution in [0.25, 0.3) is 11.5 Å². The second-order valence-electron chi connectivity index (χ2n) is 9.49. The molecule has 16 heteroatoms. The molecule has 2 aliphatic rings. The molecule has 3 aromatic rings. The summed E-state index contributed by atoms with van der Waals surface area (Å²) in [5, 5.41) is 7.79. The van der Waals surface area contributed by atoms with Gasteiger partial charge in [0.2, 0.25) is 5.89 Å². The van der Waals surface area contributed by atoms with Crippen molar-refractivity contribution in [2.45, 2.75) is 43.8 Å².